The molecule has 0 heterocycles. The largest absolute Gasteiger partial charge is 0.481 e. The SMILES string of the molecule is CC(C)C[C@H](C(=O)N[C@@H](C)C(=O)N[C@@H](CCC(=O)O)C(=O)O)N(I)I. The van der Waals surface area contributed by atoms with Crippen molar-refractivity contribution >= 4 is 69.5 Å². The van der Waals surface area contributed by atoms with Crippen molar-refractivity contribution in [3.8, 4) is 0 Å². The Hall–Kier alpha value is -0.700. The van der Waals surface area contributed by atoms with Gasteiger partial charge in [0.1, 0.15) is 18.1 Å². The molecule has 3 atom stereocenters. The number of nitrogens with one attached hydrogen (secondary N) is 2. The first-order chi connectivity index (χ1) is 11.5. The summed E-state index contributed by atoms with van der Waals surface area (Å²) >= 11 is 3.98. The zero-order valence-electron chi connectivity index (χ0n) is 14.2. The van der Waals surface area contributed by atoms with Gasteiger partial charge in [0.15, 0.2) is 0 Å². The number of amides is 2. The molecule has 0 aliphatic carbocycles. The minimum atomic E-state index is -1.32. The Morgan fingerprint density at radius 1 is 1.00 bits per heavy atom. The van der Waals surface area contributed by atoms with Gasteiger partial charge in [0.25, 0.3) is 0 Å². The smallest absolute Gasteiger partial charge is 0.326 e. The Labute approximate surface area is 174 Å². The van der Waals surface area contributed by atoms with Crippen molar-refractivity contribution in [3.63, 3.8) is 0 Å². The number of carbonyl (C=O) groups is 4. The van der Waals surface area contributed by atoms with Crippen LogP contribution in [0.4, 0.5) is 0 Å². The lowest BCUT2D eigenvalue weighted by Gasteiger charge is -2.24. The number of halogens is 2. The molecule has 0 aromatic carbocycles. The van der Waals surface area contributed by atoms with Gasteiger partial charge >= 0.3 is 11.9 Å². The van der Waals surface area contributed by atoms with Gasteiger partial charge in [-0.3, -0.25) is 14.4 Å². The van der Waals surface area contributed by atoms with E-state index >= 15 is 0 Å². The summed E-state index contributed by atoms with van der Waals surface area (Å²) in [7, 11) is 0. The highest BCUT2D eigenvalue weighted by Gasteiger charge is 2.28. The fraction of sp³-hybridized carbons (Fsp3) is 0.714. The minimum absolute atomic E-state index is 0.234. The normalized spacial score (nSPS) is 14.7. The number of nitrogens with zero attached hydrogens (tertiary/aromatic N) is 1. The van der Waals surface area contributed by atoms with Gasteiger partial charge in [0.05, 0.1) is 0 Å². The van der Waals surface area contributed by atoms with Gasteiger partial charge in [0, 0.05) is 52.1 Å². The summed E-state index contributed by atoms with van der Waals surface area (Å²) in [5, 5.41) is 22.5. The lowest BCUT2D eigenvalue weighted by molar-refractivity contribution is -0.143. The Balaban J connectivity index is 4.77. The van der Waals surface area contributed by atoms with Crippen molar-refractivity contribution in [3.05, 3.63) is 0 Å². The fourth-order valence-corrected chi connectivity index (χ4v) is 2.88. The van der Waals surface area contributed by atoms with Gasteiger partial charge in [0.2, 0.25) is 11.8 Å². The van der Waals surface area contributed by atoms with E-state index in [9.17, 15) is 19.2 Å². The molecule has 0 fully saturated rings. The summed E-state index contributed by atoms with van der Waals surface area (Å²) in [6.45, 7) is 5.40. The molecular weight excluding hydrogens is 560 g/mol. The van der Waals surface area contributed by atoms with Crippen molar-refractivity contribution in [2.45, 2.75) is 58.2 Å². The van der Waals surface area contributed by atoms with Gasteiger partial charge in [-0.25, -0.2) is 4.79 Å². The van der Waals surface area contributed by atoms with Crippen LogP contribution in [0, 0.1) is 5.92 Å². The third-order valence-electron chi connectivity index (χ3n) is 3.25. The van der Waals surface area contributed by atoms with Crippen LogP contribution in [-0.2, 0) is 19.2 Å². The quantitative estimate of drug-likeness (QED) is 0.213. The van der Waals surface area contributed by atoms with E-state index < -0.39 is 36.0 Å². The summed E-state index contributed by atoms with van der Waals surface area (Å²) in [5.74, 6) is -3.21. The summed E-state index contributed by atoms with van der Waals surface area (Å²) in [6.07, 6.45) is -0.0161. The second-order valence-electron chi connectivity index (χ2n) is 5.97. The van der Waals surface area contributed by atoms with E-state index in [4.69, 9.17) is 10.2 Å². The van der Waals surface area contributed by atoms with E-state index in [1.807, 2.05) is 59.6 Å². The van der Waals surface area contributed by atoms with Gasteiger partial charge in [-0.15, -0.1) is 0 Å². The van der Waals surface area contributed by atoms with Gasteiger partial charge < -0.3 is 20.8 Å². The van der Waals surface area contributed by atoms with E-state index in [2.05, 4.69) is 10.6 Å². The molecule has 4 N–H and O–H groups in total. The first kappa shape index (κ1) is 24.3. The third kappa shape index (κ3) is 10.1. The lowest BCUT2D eigenvalue weighted by Crippen LogP contribution is -2.53. The van der Waals surface area contributed by atoms with Crippen molar-refractivity contribution < 1.29 is 29.4 Å². The molecule has 0 rings (SSSR count). The highest BCUT2D eigenvalue weighted by Crippen LogP contribution is 2.20. The van der Waals surface area contributed by atoms with Crippen LogP contribution in [0.3, 0.4) is 0 Å². The van der Waals surface area contributed by atoms with Crippen LogP contribution in [0.1, 0.15) is 40.0 Å². The van der Waals surface area contributed by atoms with Crippen LogP contribution in [0.5, 0.6) is 0 Å². The maximum Gasteiger partial charge on any atom is 0.326 e. The van der Waals surface area contributed by atoms with Crippen molar-refractivity contribution in [2.75, 3.05) is 0 Å². The molecule has 0 bridgehead atoms. The molecule has 0 aromatic heterocycles. The monoisotopic (exact) mass is 583 g/mol. The standard InChI is InChI=1S/C14H23I2N3O6/c1-7(2)6-10(19(15)16)13(23)17-8(3)12(22)18-9(14(24)25)4-5-11(20)21/h7-10H,4-6H2,1-3H3,(H,17,23)(H,18,22)(H,20,21)(H,24,25)/t8-,9-,10+/m0/s1. The Morgan fingerprint density at radius 3 is 1.96 bits per heavy atom. The number of carboxylic acids is 2. The summed E-state index contributed by atoms with van der Waals surface area (Å²) < 4.78 is 1.70. The van der Waals surface area contributed by atoms with E-state index in [1.54, 1.807) is 1.33 Å². The molecule has 0 aliphatic heterocycles. The molecule has 0 radical (unpaired) electrons. The van der Waals surface area contributed by atoms with E-state index in [0.717, 1.165) is 0 Å². The van der Waals surface area contributed by atoms with Crippen LogP contribution < -0.4 is 10.6 Å². The van der Waals surface area contributed by atoms with Crippen LogP contribution in [0.25, 0.3) is 0 Å². The Kier molecular flexibility index (Phi) is 11.5. The first-order valence-corrected chi connectivity index (χ1v) is 9.54. The predicted molar refractivity (Wildman–Crippen MR) is 107 cm³/mol. The highest BCUT2D eigenvalue weighted by molar-refractivity contribution is 14.2. The number of carboxylic acid groups (broad SMARTS) is 2. The van der Waals surface area contributed by atoms with Crippen molar-refractivity contribution in [1.29, 1.82) is 0 Å². The third-order valence-corrected chi connectivity index (χ3v) is 4.59. The van der Waals surface area contributed by atoms with Gasteiger partial charge in [-0.1, -0.05) is 13.8 Å². The number of rotatable bonds is 11. The average Bonchev–Trinajstić information content (AvgIpc) is 2.47. The second kappa shape index (κ2) is 11.8. The Bertz CT molecular complexity index is 501. The van der Waals surface area contributed by atoms with E-state index in [0.29, 0.717) is 6.42 Å². The lowest BCUT2D eigenvalue weighted by atomic mass is 10.0. The molecule has 25 heavy (non-hydrogen) atoms. The Morgan fingerprint density at radius 2 is 1.56 bits per heavy atom. The summed E-state index contributed by atoms with van der Waals surface area (Å²) in [5.41, 5.74) is 0. The zero-order chi connectivity index (χ0) is 19.7. The highest BCUT2D eigenvalue weighted by atomic mass is 127. The molecule has 9 nitrogen and oxygen atoms in total. The topological polar surface area (TPSA) is 136 Å². The molecule has 2 amide bonds. The van der Waals surface area contributed by atoms with Crippen LogP contribution in [0.15, 0.2) is 0 Å². The maximum absolute atomic E-state index is 12.3. The molecular formula is C14H23I2N3O6. The summed E-state index contributed by atoms with van der Waals surface area (Å²) in [4.78, 5) is 46.1. The molecule has 0 spiro atoms. The molecule has 0 unspecified atom stereocenters. The van der Waals surface area contributed by atoms with Gasteiger partial charge in [-0.2, -0.15) is 1.33 Å². The zero-order valence-corrected chi connectivity index (χ0v) is 18.5. The number of hydrogen-bond acceptors (Lipinski definition) is 5. The minimum Gasteiger partial charge on any atom is -0.481 e. The first-order valence-electron chi connectivity index (χ1n) is 7.61. The summed E-state index contributed by atoms with van der Waals surface area (Å²) in [6, 6.07) is -2.69. The van der Waals surface area contributed by atoms with E-state index in [1.165, 1.54) is 6.92 Å². The fourth-order valence-electron chi connectivity index (χ4n) is 1.92. The molecule has 144 valence electrons. The number of hydrogen-bond donors (Lipinski definition) is 4. The number of carbonyl (C=O) groups excluding carboxylic acids is 2. The van der Waals surface area contributed by atoms with Crippen LogP contribution in [-0.4, -0.2) is 53.4 Å². The predicted octanol–water partition coefficient (Wildman–Crippen LogP) is 1.34. The molecule has 0 saturated carbocycles. The van der Waals surface area contributed by atoms with Crippen LogP contribution in [0.2, 0.25) is 0 Å². The molecule has 0 aromatic rings. The number of aliphatic carboxylic acids is 2. The average molecular weight is 583 g/mol. The molecule has 11 heteroatoms. The van der Waals surface area contributed by atoms with E-state index in [-0.39, 0.29) is 24.7 Å². The van der Waals surface area contributed by atoms with Gasteiger partial charge in [-0.05, 0) is 25.7 Å². The van der Waals surface area contributed by atoms with Crippen LogP contribution >= 0.6 is 45.7 Å². The molecule has 0 aliphatic rings. The molecule has 0 saturated heterocycles. The van der Waals surface area contributed by atoms with Crippen molar-refractivity contribution in [2.24, 2.45) is 5.92 Å². The van der Waals surface area contributed by atoms with Crippen molar-refractivity contribution in [1.82, 2.24) is 12.0 Å². The maximum atomic E-state index is 12.3. The second-order valence-corrected chi connectivity index (χ2v) is 9.89.